The number of nitrogens with two attached hydrogens (primary N) is 1. The van der Waals surface area contributed by atoms with Gasteiger partial charge in [0.05, 0.1) is 6.10 Å². The molecule has 1 fully saturated rings. The molecule has 0 radical (unpaired) electrons. The Bertz CT molecular complexity index is 498. The number of anilines is 1. The molecule has 1 aromatic carbocycles. The van der Waals surface area contributed by atoms with Crippen LogP contribution in [0.25, 0.3) is 10.9 Å². The van der Waals surface area contributed by atoms with E-state index < -0.39 is 0 Å². The lowest BCUT2D eigenvalue weighted by Gasteiger charge is -2.11. The lowest BCUT2D eigenvalue weighted by molar-refractivity contribution is 0.0980. The normalized spacial score (nSPS) is 20.6. The van der Waals surface area contributed by atoms with Crippen molar-refractivity contribution >= 4 is 16.6 Å². The van der Waals surface area contributed by atoms with Gasteiger partial charge in [-0.2, -0.15) is 0 Å². The zero-order chi connectivity index (χ0) is 11.0. The first kappa shape index (κ1) is 9.73. The van der Waals surface area contributed by atoms with Gasteiger partial charge in [-0.25, -0.2) is 0 Å². The number of hydrogen-bond donors (Lipinski definition) is 1. The van der Waals surface area contributed by atoms with Crippen molar-refractivity contribution in [2.45, 2.75) is 25.5 Å². The van der Waals surface area contributed by atoms with E-state index in [0.29, 0.717) is 6.10 Å². The van der Waals surface area contributed by atoms with Crippen LogP contribution in [0.3, 0.4) is 0 Å². The van der Waals surface area contributed by atoms with E-state index in [1.807, 2.05) is 12.1 Å². The SMILES string of the molecule is Nc1ccc2c(ccn2CC2CCCO2)c1. The average molecular weight is 216 g/mol. The van der Waals surface area contributed by atoms with Crippen molar-refractivity contribution in [1.82, 2.24) is 4.57 Å². The van der Waals surface area contributed by atoms with E-state index in [4.69, 9.17) is 10.5 Å². The molecule has 1 aliphatic rings. The lowest BCUT2D eigenvalue weighted by Crippen LogP contribution is -2.13. The van der Waals surface area contributed by atoms with Crippen molar-refractivity contribution in [3.05, 3.63) is 30.5 Å². The van der Waals surface area contributed by atoms with Gasteiger partial charge in [0.15, 0.2) is 0 Å². The summed E-state index contributed by atoms with van der Waals surface area (Å²) in [5, 5.41) is 1.21. The smallest absolute Gasteiger partial charge is 0.0754 e. The van der Waals surface area contributed by atoms with Crippen molar-refractivity contribution in [3.8, 4) is 0 Å². The summed E-state index contributed by atoms with van der Waals surface area (Å²) in [6.07, 6.45) is 4.87. The first-order valence-electron chi connectivity index (χ1n) is 5.79. The second kappa shape index (κ2) is 3.83. The van der Waals surface area contributed by atoms with Gasteiger partial charge in [-0.15, -0.1) is 0 Å². The van der Waals surface area contributed by atoms with Crippen LogP contribution in [-0.2, 0) is 11.3 Å². The van der Waals surface area contributed by atoms with Crippen LogP contribution in [0.5, 0.6) is 0 Å². The molecule has 1 atom stereocenters. The molecule has 84 valence electrons. The van der Waals surface area contributed by atoms with Gasteiger partial charge in [0, 0.05) is 35.9 Å². The van der Waals surface area contributed by atoms with Gasteiger partial charge in [-0.3, -0.25) is 0 Å². The third-order valence-electron chi connectivity index (χ3n) is 3.22. The number of rotatable bonds is 2. The zero-order valence-corrected chi connectivity index (χ0v) is 9.23. The number of nitrogen functional groups attached to an aromatic ring is 1. The van der Waals surface area contributed by atoms with Gasteiger partial charge in [0.2, 0.25) is 0 Å². The van der Waals surface area contributed by atoms with Gasteiger partial charge in [-0.05, 0) is 37.1 Å². The zero-order valence-electron chi connectivity index (χ0n) is 9.23. The summed E-state index contributed by atoms with van der Waals surface area (Å²) in [6, 6.07) is 8.16. The average Bonchev–Trinajstić information content (AvgIpc) is 2.89. The van der Waals surface area contributed by atoms with Crippen molar-refractivity contribution in [2.75, 3.05) is 12.3 Å². The maximum Gasteiger partial charge on any atom is 0.0754 e. The maximum atomic E-state index is 5.76. The largest absolute Gasteiger partial charge is 0.399 e. The number of fused-ring (bicyclic) bond motifs is 1. The highest BCUT2D eigenvalue weighted by atomic mass is 16.5. The Hall–Kier alpha value is -1.48. The molecule has 3 heteroatoms. The van der Waals surface area contributed by atoms with Crippen LogP contribution < -0.4 is 5.73 Å². The molecule has 0 amide bonds. The third kappa shape index (κ3) is 1.67. The van der Waals surface area contributed by atoms with Gasteiger partial charge in [0.1, 0.15) is 0 Å². The Balaban J connectivity index is 1.91. The summed E-state index contributed by atoms with van der Waals surface area (Å²) in [4.78, 5) is 0. The van der Waals surface area contributed by atoms with Crippen LogP contribution in [0, 0.1) is 0 Å². The highest BCUT2D eigenvalue weighted by Gasteiger charge is 2.16. The maximum absolute atomic E-state index is 5.76. The quantitative estimate of drug-likeness (QED) is 0.783. The molecule has 0 aliphatic carbocycles. The Kier molecular flexibility index (Phi) is 2.33. The number of aromatic nitrogens is 1. The Morgan fingerprint density at radius 3 is 3.12 bits per heavy atom. The Morgan fingerprint density at radius 2 is 2.31 bits per heavy atom. The first-order valence-corrected chi connectivity index (χ1v) is 5.79. The van der Waals surface area contributed by atoms with E-state index >= 15 is 0 Å². The van der Waals surface area contributed by atoms with E-state index in [9.17, 15) is 0 Å². The summed E-state index contributed by atoms with van der Waals surface area (Å²) >= 11 is 0. The van der Waals surface area contributed by atoms with E-state index in [1.54, 1.807) is 0 Å². The van der Waals surface area contributed by atoms with Gasteiger partial charge in [-0.1, -0.05) is 0 Å². The summed E-state index contributed by atoms with van der Waals surface area (Å²) in [6.45, 7) is 1.87. The van der Waals surface area contributed by atoms with Crippen LogP contribution in [-0.4, -0.2) is 17.3 Å². The van der Waals surface area contributed by atoms with Crippen molar-refractivity contribution in [2.24, 2.45) is 0 Å². The van der Waals surface area contributed by atoms with Crippen LogP contribution in [0.1, 0.15) is 12.8 Å². The molecule has 1 aromatic heterocycles. The van der Waals surface area contributed by atoms with Gasteiger partial charge < -0.3 is 15.0 Å². The fourth-order valence-electron chi connectivity index (χ4n) is 2.39. The summed E-state index contributed by atoms with van der Waals surface area (Å²) in [7, 11) is 0. The molecule has 1 saturated heterocycles. The second-order valence-electron chi connectivity index (χ2n) is 4.42. The van der Waals surface area contributed by atoms with Crippen LogP contribution in [0.2, 0.25) is 0 Å². The molecule has 0 spiro atoms. The summed E-state index contributed by atoms with van der Waals surface area (Å²) in [5.41, 5.74) is 7.82. The number of benzene rings is 1. The van der Waals surface area contributed by atoms with Crippen molar-refractivity contribution in [1.29, 1.82) is 0 Å². The van der Waals surface area contributed by atoms with Crippen LogP contribution in [0.15, 0.2) is 30.5 Å². The fraction of sp³-hybridized carbons (Fsp3) is 0.385. The summed E-state index contributed by atoms with van der Waals surface area (Å²) < 4.78 is 7.91. The van der Waals surface area contributed by atoms with Crippen molar-refractivity contribution in [3.63, 3.8) is 0 Å². The first-order chi connectivity index (χ1) is 7.83. The molecular formula is C13H16N2O. The predicted octanol–water partition coefficient (Wildman–Crippen LogP) is 2.40. The molecule has 3 nitrogen and oxygen atoms in total. The molecule has 0 bridgehead atoms. The molecular weight excluding hydrogens is 200 g/mol. The minimum atomic E-state index is 0.383. The minimum absolute atomic E-state index is 0.383. The molecule has 2 heterocycles. The second-order valence-corrected chi connectivity index (χ2v) is 4.42. The van der Waals surface area contributed by atoms with Crippen LogP contribution in [0.4, 0.5) is 5.69 Å². The molecule has 2 aromatic rings. The van der Waals surface area contributed by atoms with Crippen molar-refractivity contribution < 1.29 is 4.74 Å². The molecule has 0 saturated carbocycles. The third-order valence-corrected chi connectivity index (χ3v) is 3.22. The highest BCUT2D eigenvalue weighted by Crippen LogP contribution is 2.21. The topological polar surface area (TPSA) is 40.2 Å². The highest BCUT2D eigenvalue weighted by molar-refractivity contribution is 5.83. The van der Waals surface area contributed by atoms with E-state index in [-0.39, 0.29) is 0 Å². The van der Waals surface area contributed by atoms with E-state index in [2.05, 4.69) is 22.9 Å². The monoisotopic (exact) mass is 216 g/mol. The molecule has 16 heavy (non-hydrogen) atoms. The Morgan fingerprint density at radius 1 is 1.38 bits per heavy atom. The van der Waals surface area contributed by atoms with E-state index in [1.165, 1.54) is 23.7 Å². The Labute approximate surface area is 94.8 Å². The minimum Gasteiger partial charge on any atom is -0.399 e. The predicted molar refractivity (Wildman–Crippen MR) is 65.3 cm³/mol. The summed E-state index contributed by atoms with van der Waals surface area (Å²) in [5.74, 6) is 0. The molecule has 2 N–H and O–H groups in total. The molecule has 3 rings (SSSR count). The van der Waals surface area contributed by atoms with E-state index in [0.717, 1.165) is 18.8 Å². The number of nitrogens with zero attached hydrogens (tertiary/aromatic N) is 1. The number of hydrogen-bond acceptors (Lipinski definition) is 2. The number of ether oxygens (including phenoxy) is 1. The van der Waals surface area contributed by atoms with Gasteiger partial charge in [0.25, 0.3) is 0 Å². The fourth-order valence-corrected chi connectivity index (χ4v) is 2.39. The molecule has 1 aliphatic heterocycles. The lowest BCUT2D eigenvalue weighted by atomic mass is 10.2. The standard InChI is InChI=1S/C13H16N2O/c14-11-3-4-13-10(8-11)5-6-15(13)9-12-2-1-7-16-12/h3-6,8,12H,1-2,7,9,14H2. The molecule has 1 unspecified atom stereocenters. The van der Waals surface area contributed by atoms with Crippen LogP contribution >= 0.6 is 0 Å². The van der Waals surface area contributed by atoms with Gasteiger partial charge >= 0.3 is 0 Å².